The fourth-order valence-electron chi connectivity index (χ4n) is 4.06. The van der Waals surface area contributed by atoms with E-state index in [0.29, 0.717) is 11.7 Å². The van der Waals surface area contributed by atoms with Crippen molar-refractivity contribution < 1.29 is 4.74 Å². The Labute approximate surface area is 112 Å². The van der Waals surface area contributed by atoms with Gasteiger partial charge in [0.05, 0.1) is 5.56 Å². The Bertz CT molecular complexity index is 567. The summed E-state index contributed by atoms with van der Waals surface area (Å²) in [6.07, 6.45) is 8.22. The number of ether oxygens (including phenoxy) is 1. The lowest BCUT2D eigenvalue weighted by atomic mass is 9.76. The Hall–Kier alpha value is -1.58. The Balaban J connectivity index is 1.95. The molecule has 0 spiro atoms. The van der Waals surface area contributed by atoms with Crippen LogP contribution in [0.15, 0.2) is 0 Å². The van der Waals surface area contributed by atoms with Crippen molar-refractivity contribution in [1.29, 1.82) is 5.41 Å². The van der Waals surface area contributed by atoms with E-state index in [-0.39, 0.29) is 12.0 Å². The minimum atomic E-state index is 0.195. The van der Waals surface area contributed by atoms with E-state index in [9.17, 15) is 0 Å². The number of nitrogens with one attached hydrogen (secondary N) is 1. The molecule has 4 rings (SSSR count). The van der Waals surface area contributed by atoms with Crippen molar-refractivity contribution in [3.05, 3.63) is 22.4 Å². The zero-order chi connectivity index (χ0) is 13.0. The van der Waals surface area contributed by atoms with E-state index >= 15 is 0 Å². The molecule has 0 amide bonds. The van der Waals surface area contributed by atoms with Gasteiger partial charge in [0.25, 0.3) is 0 Å². The van der Waals surface area contributed by atoms with Gasteiger partial charge < -0.3 is 10.5 Å². The van der Waals surface area contributed by atoms with E-state index in [2.05, 4.69) is 4.98 Å². The smallest absolute Gasteiger partial charge is 0.217 e. The third-order valence-corrected chi connectivity index (χ3v) is 4.86. The summed E-state index contributed by atoms with van der Waals surface area (Å²) in [7, 11) is 0. The number of nitrogens with two attached hydrogens (primary N) is 1. The lowest BCUT2D eigenvalue weighted by Gasteiger charge is -2.38. The quantitative estimate of drug-likeness (QED) is 0.750. The maximum Gasteiger partial charge on any atom is 0.217 e. The second-order valence-electron chi connectivity index (χ2n) is 5.94. The van der Waals surface area contributed by atoms with Crippen LogP contribution in [0.4, 0.5) is 5.82 Å². The van der Waals surface area contributed by atoms with E-state index in [1.165, 1.54) is 42.5 Å². The minimum absolute atomic E-state index is 0.195. The number of fused-ring (bicyclic) bond motifs is 5. The van der Waals surface area contributed by atoms with Crippen molar-refractivity contribution >= 4 is 11.7 Å². The molecule has 1 fully saturated rings. The van der Waals surface area contributed by atoms with Crippen LogP contribution in [0.1, 0.15) is 60.4 Å². The molecular formula is C15H19N3O. The summed E-state index contributed by atoms with van der Waals surface area (Å²) < 4.78 is 5.82. The summed E-state index contributed by atoms with van der Waals surface area (Å²) in [5.41, 5.74) is 10.8. The summed E-state index contributed by atoms with van der Waals surface area (Å²) in [6.45, 7) is 0. The molecule has 0 bridgehead atoms. The largest absolute Gasteiger partial charge is 0.474 e. The minimum Gasteiger partial charge on any atom is -0.474 e. The topological polar surface area (TPSA) is 72.0 Å². The zero-order valence-electron chi connectivity index (χ0n) is 11.0. The summed E-state index contributed by atoms with van der Waals surface area (Å²) in [5.74, 6) is 1.19. The van der Waals surface area contributed by atoms with Crippen LogP contribution in [0.3, 0.4) is 0 Å². The first-order valence-corrected chi connectivity index (χ1v) is 7.32. The van der Waals surface area contributed by atoms with Crippen molar-refractivity contribution in [2.75, 3.05) is 5.73 Å². The number of hydrogen-bond donors (Lipinski definition) is 2. The number of rotatable bonds is 0. The molecule has 2 unspecified atom stereocenters. The zero-order valence-corrected chi connectivity index (χ0v) is 11.0. The molecule has 0 aromatic carbocycles. The van der Waals surface area contributed by atoms with Gasteiger partial charge >= 0.3 is 0 Å². The predicted octanol–water partition coefficient (Wildman–Crippen LogP) is 2.53. The van der Waals surface area contributed by atoms with E-state index in [1.807, 2.05) is 0 Å². The highest BCUT2D eigenvalue weighted by Gasteiger charge is 2.40. The number of nitrogen functional groups attached to an aromatic ring is 1. The molecule has 2 atom stereocenters. The maximum atomic E-state index is 8.15. The first kappa shape index (κ1) is 11.3. The lowest BCUT2D eigenvalue weighted by molar-refractivity contribution is 0.109. The fraction of sp³-hybridized carbons (Fsp3) is 0.600. The van der Waals surface area contributed by atoms with Crippen molar-refractivity contribution in [2.45, 2.75) is 57.0 Å². The van der Waals surface area contributed by atoms with Gasteiger partial charge in [0, 0.05) is 11.6 Å². The number of pyridine rings is 1. The van der Waals surface area contributed by atoms with Gasteiger partial charge in [-0.15, -0.1) is 0 Å². The van der Waals surface area contributed by atoms with Crippen LogP contribution in [0.25, 0.3) is 0 Å². The van der Waals surface area contributed by atoms with E-state index in [4.69, 9.17) is 15.9 Å². The van der Waals surface area contributed by atoms with Crippen molar-refractivity contribution in [3.8, 4) is 0 Å². The second-order valence-corrected chi connectivity index (χ2v) is 5.94. The van der Waals surface area contributed by atoms with Crippen molar-refractivity contribution in [3.63, 3.8) is 0 Å². The number of hydrogen-bond acceptors (Lipinski definition) is 4. The molecule has 4 nitrogen and oxygen atoms in total. The van der Waals surface area contributed by atoms with Crippen molar-refractivity contribution in [1.82, 2.24) is 4.98 Å². The summed E-state index contributed by atoms with van der Waals surface area (Å²) in [4.78, 5) is 4.51. The van der Waals surface area contributed by atoms with Crippen LogP contribution >= 0.6 is 0 Å². The third-order valence-electron chi connectivity index (χ3n) is 4.86. The predicted molar refractivity (Wildman–Crippen MR) is 73.6 cm³/mol. The molecule has 100 valence electrons. The normalized spacial score (nSPS) is 28.3. The van der Waals surface area contributed by atoms with Crippen LogP contribution in [0.5, 0.6) is 0 Å². The molecule has 0 radical (unpaired) electrons. The highest BCUT2D eigenvalue weighted by Crippen LogP contribution is 2.45. The molecule has 2 aliphatic carbocycles. The molecule has 1 aromatic rings. The molecular weight excluding hydrogens is 238 g/mol. The standard InChI is InChI=1S/C15H19N3O/c16-14-13-12(8-5-3-6-10(8)18-14)9-4-1-2-7-11(9)19-15(13)17/h9,11,17H,1-7H2,(H2,16,18). The van der Waals surface area contributed by atoms with Gasteiger partial charge in [-0.05, 0) is 49.7 Å². The average Bonchev–Trinajstić information content (AvgIpc) is 2.86. The van der Waals surface area contributed by atoms with Gasteiger partial charge in [0.2, 0.25) is 5.90 Å². The van der Waals surface area contributed by atoms with Crippen LogP contribution in [-0.4, -0.2) is 17.0 Å². The molecule has 2 heterocycles. The number of anilines is 1. The van der Waals surface area contributed by atoms with E-state index in [1.54, 1.807) is 0 Å². The lowest BCUT2D eigenvalue weighted by Crippen LogP contribution is -2.36. The highest BCUT2D eigenvalue weighted by atomic mass is 16.5. The maximum absolute atomic E-state index is 8.15. The fourth-order valence-corrected chi connectivity index (χ4v) is 4.06. The average molecular weight is 257 g/mol. The van der Waals surface area contributed by atoms with Crippen LogP contribution in [0.2, 0.25) is 0 Å². The first-order valence-electron chi connectivity index (χ1n) is 7.32. The highest BCUT2D eigenvalue weighted by molar-refractivity contribution is 5.99. The van der Waals surface area contributed by atoms with Gasteiger partial charge in [-0.1, -0.05) is 6.42 Å². The summed E-state index contributed by atoms with van der Waals surface area (Å²) >= 11 is 0. The molecule has 4 heteroatoms. The van der Waals surface area contributed by atoms with Crippen LogP contribution in [0, 0.1) is 5.41 Å². The Morgan fingerprint density at radius 3 is 2.89 bits per heavy atom. The molecule has 19 heavy (non-hydrogen) atoms. The molecule has 1 aliphatic heterocycles. The SMILES string of the molecule is N=C1OC2CCCCC2c2c3c(nc(N)c21)CCC3. The van der Waals surface area contributed by atoms with Gasteiger partial charge in [-0.25, -0.2) is 4.98 Å². The summed E-state index contributed by atoms with van der Waals surface area (Å²) in [5, 5.41) is 8.15. The third kappa shape index (κ3) is 1.52. The summed E-state index contributed by atoms with van der Waals surface area (Å²) in [6, 6.07) is 0. The number of aromatic nitrogens is 1. The molecule has 1 saturated carbocycles. The van der Waals surface area contributed by atoms with Gasteiger partial charge in [-0.3, -0.25) is 5.41 Å². The Morgan fingerprint density at radius 1 is 1.16 bits per heavy atom. The molecule has 3 N–H and O–H groups in total. The number of aryl methyl sites for hydroxylation is 1. The van der Waals surface area contributed by atoms with Gasteiger partial charge in [0.1, 0.15) is 11.9 Å². The van der Waals surface area contributed by atoms with Gasteiger partial charge in [0.15, 0.2) is 0 Å². The van der Waals surface area contributed by atoms with Crippen molar-refractivity contribution in [2.24, 2.45) is 0 Å². The Morgan fingerprint density at radius 2 is 2.00 bits per heavy atom. The monoisotopic (exact) mass is 257 g/mol. The van der Waals surface area contributed by atoms with Crippen LogP contribution < -0.4 is 5.73 Å². The molecule has 0 saturated heterocycles. The first-order chi connectivity index (χ1) is 9.25. The molecule has 1 aromatic heterocycles. The number of nitrogens with zero attached hydrogens (tertiary/aromatic N) is 1. The van der Waals surface area contributed by atoms with Gasteiger partial charge in [-0.2, -0.15) is 0 Å². The second kappa shape index (κ2) is 3.95. The van der Waals surface area contributed by atoms with E-state index in [0.717, 1.165) is 24.8 Å². The van der Waals surface area contributed by atoms with E-state index < -0.39 is 0 Å². The Kier molecular flexibility index (Phi) is 2.34. The molecule has 3 aliphatic rings. The van der Waals surface area contributed by atoms with Crippen LogP contribution in [-0.2, 0) is 17.6 Å².